The molecular weight excluding hydrogens is 434 g/mol. The van der Waals surface area contributed by atoms with Gasteiger partial charge in [0.1, 0.15) is 0 Å². The second kappa shape index (κ2) is 9.84. The standard InChI is InChI=1S/C22H25N3O4S2/c1-30-8-2-7-24-16-12-31-20-6-4-15(21(23)26)10-17(20)25(22(16)27)11-14-3-5-18-19(9-14)29-13-28-18/h3-6,9-10,16,24H,2,7-8,11-13H2,1H3,(H2,23,26)/t16-/m0/s1. The maximum absolute atomic E-state index is 13.6. The maximum atomic E-state index is 13.6. The lowest BCUT2D eigenvalue weighted by Gasteiger charge is -2.26. The van der Waals surface area contributed by atoms with Crippen molar-refractivity contribution in [2.45, 2.75) is 23.9 Å². The van der Waals surface area contributed by atoms with Crippen LogP contribution in [0, 0.1) is 0 Å². The lowest BCUT2D eigenvalue weighted by molar-refractivity contribution is -0.120. The number of primary amides is 1. The van der Waals surface area contributed by atoms with Gasteiger partial charge in [0.15, 0.2) is 11.5 Å². The number of anilines is 1. The van der Waals surface area contributed by atoms with E-state index in [4.69, 9.17) is 15.2 Å². The molecule has 9 heteroatoms. The second-order valence-corrected chi connectivity index (χ2v) is 9.37. The molecule has 164 valence electrons. The number of fused-ring (bicyclic) bond motifs is 2. The summed E-state index contributed by atoms with van der Waals surface area (Å²) in [7, 11) is 0. The van der Waals surface area contributed by atoms with Crippen LogP contribution in [0.2, 0.25) is 0 Å². The Kier molecular flexibility index (Phi) is 6.94. The third-order valence-corrected chi connectivity index (χ3v) is 7.05. The molecule has 0 saturated carbocycles. The van der Waals surface area contributed by atoms with Crippen molar-refractivity contribution in [1.82, 2.24) is 5.32 Å². The van der Waals surface area contributed by atoms with Gasteiger partial charge in [0.05, 0.1) is 18.3 Å². The molecule has 0 bridgehead atoms. The van der Waals surface area contributed by atoms with E-state index in [2.05, 4.69) is 11.6 Å². The van der Waals surface area contributed by atoms with Crippen LogP contribution in [0.25, 0.3) is 0 Å². The number of nitrogens with two attached hydrogens (primary N) is 1. The van der Waals surface area contributed by atoms with E-state index in [1.54, 1.807) is 40.6 Å². The summed E-state index contributed by atoms with van der Waals surface area (Å²) in [6.07, 6.45) is 3.07. The van der Waals surface area contributed by atoms with Crippen molar-refractivity contribution in [3.05, 3.63) is 47.5 Å². The number of thioether (sulfide) groups is 2. The zero-order valence-corrected chi connectivity index (χ0v) is 18.9. The minimum Gasteiger partial charge on any atom is -0.454 e. The van der Waals surface area contributed by atoms with Gasteiger partial charge >= 0.3 is 0 Å². The molecule has 2 aromatic carbocycles. The van der Waals surface area contributed by atoms with E-state index in [0.717, 1.165) is 29.2 Å². The third kappa shape index (κ3) is 4.94. The van der Waals surface area contributed by atoms with Gasteiger partial charge < -0.3 is 25.4 Å². The highest BCUT2D eigenvalue weighted by Crippen LogP contribution is 2.38. The first-order chi connectivity index (χ1) is 15.1. The lowest BCUT2D eigenvalue weighted by Crippen LogP contribution is -2.47. The van der Waals surface area contributed by atoms with Crippen LogP contribution in [-0.2, 0) is 11.3 Å². The van der Waals surface area contributed by atoms with E-state index in [1.807, 2.05) is 24.3 Å². The fourth-order valence-electron chi connectivity index (χ4n) is 3.58. The number of hydrogen-bond acceptors (Lipinski definition) is 7. The monoisotopic (exact) mass is 459 g/mol. The Hall–Kier alpha value is -2.36. The minimum atomic E-state index is -0.515. The summed E-state index contributed by atoms with van der Waals surface area (Å²) in [5.74, 6) is 2.51. The number of nitrogens with one attached hydrogen (secondary N) is 1. The smallest absolute Gasteiger partial charge is 0.248 e. The molecule has 2 aromatic rings. The highest BCUT2D eigenvalue weighted by molar-refractivity contribution is 7.99. The first-order valence-corrected chi connectivity index (χ1v) is 12.4. The first kappa shape index (κ1) is 21.9. The van der Waals surface area contributed by atoms with Gasteiger partial charge in [-0.3, -0.25) is 9.59 Å². The average Bonchev–Trinajstić information content (AvgIpc) is 3.19. The summed E-state index contributed by atoms with van der Waals surface area (Å²) in [4.78, 5) is 28.0. The number of nitrogens with zero attached hydrogens (tertiary/aromatic N) is 1. The molecule has 0 aliphatic carbocycles. The Morgan fingerprint density at radius 3 is 2.90 bits per heavy atom. The fraction of sp³-hybridized carbons (Fsp3) is 0.364. The predicted molar refractivity (Wildman–Crippen MR) is 124 cm³/mol. The molecule has 2 amide bonds. The van der Waals surface area contributed by atoms with Gasteiger partial charge in [0.25, 0.3) is 0 Å². The van der Waals surface area contributed by atoms with Gasteiger partial charge in [-0.1, -0.05) is 6.07 Å². The summed E-state index contributed by atoms with van der Waals surface area (Å²) in [5.41, 5.74) is 7.51. The molecule has 0 saturated heterocycles. The van der Waals surface area contributed by atoms with Crippen molar-refractivity contribution in [1.29, 1.82) is 0 Å². The number of amides is 2. The van der Waals surface area contributed by atoms with Crippen LogP contribution < -0.4 is 25.4 Å². The normalized spacial score (nSPS) is 17.4. The molecule has 2 aliphatic rings. The van der Waals surface area contributed by atoms with Crippen LogP contribution in [-0.4, -0.2) is 49.0 Å². The summed E-state index contributed by atoms with van der Waals surface area (Å²) in [6, 6.07) is 10.7. The van der Waals surface area contributed by atoms with Crippen molar-refractivity contribution in [2.75, 3.05) is 36.0 Å². The van der Waals surface area contributed by atoms with Crippen LogP contribution in [0.4, 0.5) is 5.69 Å². The van der Waals surface area contributed by atoms with Crippen LogP contribution >= 0.6 is 23.5 Å². The Morgan fingerprint density at radius 1 is 1.26 bits per heavy atom. The SMILES string of the molecule is CSCCCN[C@H]1CSc2ccc(C(N)=O)cc2N(Cc2ccc3c(c2)OCO3)C1=O. The van der Waals surface area contributed by atoms with Gasteiger partial charge in [-0.05, 0) is 60.9 Å². The van der Waals surface area contributed by atoms with Crippen molar-refractivity contribution in [2.24, 2.45) is 5.73 Å². The third-order valence-electron chi connectivity index (χ3n) is 5.20. The number of carbonyl (C=O) groups is 2. The van der Waals surface area contributed by atoms with Crippen LogP contribution in [0.15, 0.2) is 41.3 Å². The number of ether oxygens (including phenoxy) is 2. The quantitative estimate of drug-likeness (QED) is 0.586. The molecule has 2 aliphatic heterocycles. The van der Waals surface area contributed by atoms with Gasteiger partial charge in [-0.2, -0.15) is 11.8 Å². The molecule has 0 unspecified atom stereocenters. The van der Waals surface area contributed by atoms with Crippen molar-refractivity contribution in [3.63, 3.8) is 0 Å². The van der Waals surface area contributed by atoms with Gasteiger partial charge in [-0.15, -0.1) is 11.8 Å². The average molecular weight is 460 g/mol. The highest BCUT2D eigenvalue weighted by atomic mass is 32.2. The predicted octanol–water partition coefficient (Wildman–Crippen LogP) is 2.86. The van der Waals surface area contributed by atoms with Crippen molar-refractivity contribution < 1.29 is 19.1 Å². The van der Waals surface area contributed by atoms with Crippen LogP contribution in [0.5, 0.6) is 11.5 Å². The Balaban J connectivity index is 1.64. The molecule has 0 fully saturated rings. The summed E-state index contributed by atoms with van der Waals surface area (Å²) in [6.45, 7) is 1.33. The molecule has 0 radical (unpaired) electrons. The summed E-state index contributed by atoms with van der Waals surface area (Å²) >= 11 is 3.41. The van der Waals surface area contributed by atoms with Crippen LogP contribution in [0.1, 0.15) is 22.3 Å². The Labute approximate surface area is 190 Å². The highest BCUT2D eigenvalue weighted by Gasteiger charge is 2.31. The number of rotatable bonds is 8. The Morgan fingerprint density at radius 2 is 2.10 bits per heavy atom. The van der Waals surface area contributed by atoms with Crippen molar-refractivity contribution >= 4 is 41.0 Å². The zero-order chi connectivity index (χ0) is 21.8. The fourth-order valence-corrected chi connectivity index (χ4v) is 5.10. The number of carbonyl (C=O) groups excluding carboxylic acids is 2. The summed E-state index contributed by atoms with van der Waals surface area (Å²) < 4.78 is 10.9. The number of hydrogen-bond donors (Lipinski definition) is 2. The molecule has 4 rings (SSSR count). The molecular formula is C22H25N3O4S2. The largest absolute Gasteiger partial charge is 0.454 e. The molecule has 0 aromatic heterocycles. The number of benzene rings is 2. The van der Waals surface area contributed by atoms with Crippen molar-refractivity contribution in [3.8, 4) is 11.5 Å². The lowest BCUT2D eigenvalue weighted by atomic mass is 10.1. The molecule has 7 nitrogen and oxygen atoms in total. The Bertz CT molecular complexity index is 985. The van der Waals surface area contributed by atoms with E-state index in [0.29, 0.717) is 35.0 Å². The van der Waals surface area contributed by atoms with Gasteiger partial charge in [-0.25, -0.2) is 0 Å². The maximum Gasteiger partial charge on any atom is 0.248 e. The molecule has 2 heterocycles. The molecule has 31 heavy (non-hydrogen) atoms. The van der Waals surface area contributed by atoms with Crippen LogP contribution in [0.3, 0.4) is 0 Å². The zero-order valence-electron chi connectivity index (χ0n) is 17.3. The van der Waals surface area contributed by atoms with E-state index < -0.39 is 5.91 Å². The van der Waals surface area contributed by atoms with E-state index in [9.17, 15) is 9.59 Å². The van der Waals surface area contributed by atoms with E-state index >= 15 is 0 Å². The summed E-state index contributed by atoms with van der Waals surface area (Å²) in [5, 5.41) is 3.41. The van der Waals surface area contributed by atoms with Gasteiger partial charge in [0.2, 0.25) is 18.6 Å². The second-order valence-electron chi connectivity index (χ2n) is 7.32. The minimum absolute atomic E-state index is 0.0188. The molecule has 1 atom stereocenters. The van der Waals surface area contributed by atoms with Gasteiger partial charge in [0, 0.05) is 16.2 Å². The molecule has 0 spiro atoms. The molecule has 3 N–H and O–H groups in total. The van der Waals surface area contributed by atoms with E-state index in [1.165, 1.54) is 0 Å². The first-order valence-electron chi connectivity index (χ1n) is 10.1. The topological polar surface area (TPSA) is 93.9 Å². The van der Waals surface area contributed by atoms with E-state index in [-0.39, 0.29) is 18.7 Å².